The number of halogens is 1. The minimum Gasteiger partial charge on any atom is -0.495 e. The molecule has 2 heterocycles. The molecule has 0 saturated carbocycles. The van der Waals surface area contributed by atoms with E-state index in [0.717, 1.165) is 10.2 Å². The van der Waals surface area contributed by atoms with Gasteiger partial charge in [-0.25, -0.2) is 4.98 Å². The Morgan fingerprint density at radius 1 is 1.32 bits per heavy atom. The minimum absolute atomic E-state index is 0.128. The van der Waals surface area contributed by atoms with Crippen molar-refractivity contribution in [3.8, 4) is 5.75 Å². The topological polar surface area (TPSA) is 62.7 Å². The molecule has 144 valence electrons. The van der Waals surface area contributed by atoms with Crippen LogP contribution < -0.4 is 14.5 Å². The third kappa shape index (κ3) is 3.31. The van der Waals surface area contributed by atoms with Gasteiger partial charge in [0.2, 0.25) is 11.8 Å². The van der Waals surface area contributed by atoms with Crippen LogP contribution >= 0.6 is 22.9 Å². The summed E-state index contributed by atoms with van der Waals surface area (Å²) in [6.45, 7) is 0.281. The number of aromatic nitrogens is 1. The van der Waals surface area contributed by atoms with E-state index in [0.29, 0.717) is 21.6 Å². The van der Waals surface area contributed by atoms with Gasteiger partial charge in [-0.3, -0.25) is 14.5 Å². The fraction of sp³-hybridized carbons (Fsp3) is 0.250. The Labute approximate surface area is 171 Å². The summed E-state index contributed by atoms with van der Waals surface area (Å²) >= 11 is 7.55. The molecule has 8 heteroatoms. The highest BCUT2D eigenvalue weighted by atomic mass is 35.5. The average Bonchev–Trinajstić information content (AvgIpc) is 3.30. The van der Waals surface area contributed by atoms with Crippen molar-refractivity contribution in [2.24, 2.45) is 5.92 Å². The number of thiazole rings is 1. The van der Waals surface area contributed by atoms with E-state index in [-0.39, 0.29) is 24.8 Å². The number of hydrogen-bond acceptors (Lipinski definition) is 5. The Morgan fingerprint density at radius 2 is 2.11 bits per heavy atom. The molecular weight excluding hydrogens is 398 g/mol. The highest BCUT2D eigenvalue weighted by Crippen LogP contribution is 2.36. The lowest BCUT2D eigenvalue weighted by atomic mass is 10.1. The van der Waals surface area contributed by atoms with Gasteiger partial charge in [0.25, 0.3) is 0 Å². The number of carbonyl (C=O) groups is 2. The Kier molecular flexibility index (Phi) is 4.95. The number of fused-ring (bicyclic) bond motifs is 1. The third-order valence-corrected chi connectivity index (χ3v) is 6.15. The molecule has 1 aliphatic rings. The zero-order chi connectivity index (χ0) is 19.8. The van der Waals surface area contributed by atoms with E-state index >= 15 is 0 Å². The molecule has 1 aliphatic heterocycles. The molecular formula is C20H18ClN3O3S. The van der Waals surface area contributed by atoms with Crippen LogP contribution in [0.2, 0.25) is 5.02 Å². The molecule has 4 rings (SSSR count). The molecule has 2 aromatic carbocycles. The van der Waals surface area contributed by atoms with Gasteiger partial charge in [0.05, 0.1) is 28.9 Å². The molecule has 1 aromatic heterocycles. The minimum atomic E-state index is -0.451. The first-order chi connectivity index (χ1) is 13.5. The van der Waals surface area contributed by atoms with Crippen LogP contribution in [0.3, 0.4) is 0 Å². The molecule has 1 unspecified atom stereocenters. The van der Waals surface area contributed by atoms with Gasteiger partial charge >= 0.3 is 0 Å². The Morgan fingerprint density at radius 3 is 2.86 bits per heavy atom. The summed E-state index contributed by atoms with van der Waals surface area (Å²) in [6.07, 6.45) is 0.143. The van der Waals surface area contributed by atoms with Crippen molar-refractivity contribution in [2.45, 2.75) is 6.42 Å². The van der Waals surface area contributed by atoms with E-state index in [9.17, 15) is 9.59 Å². The summed E-state index contributed by atoms with van der Waals surface area (Å²) in [5.74, 6) is -0.161. The van der Waals surface area contributed by atoms with Gasteiger partial charge in [-0.1, -0.05) is 35.1 Å². The summed E-state index contributed by atoms with van der Waals surface area (Å²) in [4.78, 5) is 33.3. The number of amides is 2. The molecule has 6 nitrogen and oxygen atoms in total. The molecule has 28 heavy (non-hydrogen) atoms. The second-order valence-corrected chi connectivity index (χ2v) is 8.03. The highest BCUT2D eigenvalue weighted by Gasteiger charge is 2.38. The van der Waals surface area contributed by atoms with Gasteiger partial charge in [0, 0.05) is 25.0 Å². The SMILES string of the molecule is COc1ccc(Cl)cc1N1CC(C(=O)N(C)c2nc3ccccc3s2)CC1=O. The van der Waals surface area contributed by atoms with Gasteiger partial charge in [0.15, 0.2) is 5.13 Å². The Balaban J connectivity index is 1.56. The second-order valence-electron chi connectivity index (χ2n) is 6.58. The van der Waals surface area contributed by atoms with Crippen LogP contribution in [-0.2, 0) is 9.59 Å². The van der Waals surface area contributed by atoms with Gasteiger partial charge in [0.1, 0.15) is 5.75 Å². The normalized spacial score (nSPS) is 16.6. The quantitative estimate of drug-likeness (QED) is 0.646. The van der Waals surface area contributed by atoms with Crippen molar-refractivity contribution >= 4 is 55.8 Å². The van der Waals surface area contributed by atoms with E-state index in [4.69, 9.17) is 16.3 Å². The molecule has 0 spiro atoms. The standard InChI is InChI=1S/C20H18ClN3O3S/c1-23(20-22-14-5-3-4-6-17(14)28-20)19(26)12-9-18(25)24(11-12)15-10-13(21)7-8-16(15)27-2/h3-8,10,12H,9,11H2,1-2H3. The largest absolute Gasteiger partial charge is 0.495 e. The third-order valence-electron chi connectivity index (χ3n) is 4.81. The van der Waals surface area contributed by atoms with Crippen molar-refractivity contribution in [3.05, 3.63) is 47.5 Å². The number of nitrogens with zero attached hydrogens (tertiary/aromatic N) is 3. The smallest absolute Gasteiger partial charge is 0.233 e. The zero-order valence-electron chi connectivity index (χ0n) is 15.4. The number of anilines is 2. The van der Waals surface area contributed by atoms with Gasteiger partial charge < -0.3 is 9.64 Å². The maximum atomic E-state index is 13.0. The number of carbonyl (C=O) groups excluding carboxylic acids is 2. The molecule has 1 saturated heterocycles. The van der Waals surface area contributed by atoms with E-state index in [1.165, 1.54) is 18.4 Å². The van der Waals surface area contributed by atoms with Crippen LogP contribution in [0.1, 0.15) is 6.42 Å². The van der Waals surface area contributed by atoms with E-state index in [1.54, 1.807) is 35.0 Å². The van der Waals surface area contributed by atoms with Crippen molar-refractivity contribution in [2.75, 3.05) is 30.5 Å². The first-order valence-corrected chi connectivity index (χ1v) is 9.94. The summed E-state index contributed by atoms with van der Waals surface area (Å²) in [5, 5.41) is 1.13. The van der Waals surface area contributed by atoms with Crippen molar-refractivity contribution in [1.82, 2.24) is 4.98 Å². The molecule has 0 bridgehead atoms. The Hall–Kier alpha value is -2.64. The zero-order valence-corrected chi connectivity index (χ0v) is 17.0. The first kappa shape index (κ1) is 18.7. The monoisotopic (exact) mass is 415 g/mol. The van der Waals surface area contributed by atoms with Crippen LogP contribution in [0.5, 0.6) is 5.75 Å². The fourth-order valence-corrected chi connectivity index (χ4v) is 4.45. The predicted molar refractivity (Wildman–Crippen MR) is 111 cm³/mol. The number of rotatable bonds is 4. The number of hydrogen-bond donors (Lipinski definition) is 0. The summed E-state index contributed by atoms with van der Waals surface area (Å²) in [7, 11) is 3.24. The van der Waals surface area contributed by atoms with E-state index < -0.39 is 5.92 Å². The number of methoxy groups -OCH3 is 1. The van der Waals surface area contributed by atoms with Crippen molar-refractivity contribution < 1.29 is 14.3 Å². The lowest BCUT2D eigenvalue weighted by Crippen LogP contribution is -2.34. The van der Waals surface area contributed by atoms with Crippen LogP contribution in [-0.4, -0.2) is 37.5 Å². The van der Waals surface area contributed by atoms with E-state index in [2.05, 4.69) is 4.98 Å². The van der Waals surface area contributed by atoms with Crippen LogP contribution in [0.25, 0.3) is 10.2 Å². The first-order valence-electron chi connectivity index (χ1n) is 8.75. The summed E-state index contributed by atoms with van der Waals surface area (Å²) in [6, 6.07) is 12.8. The number of ether oxygens (including phenoxy) is 1. The maximum Gasteiger partial charge on any atom is 0.233 e. The fourth-order valence-electron chi connectivity index (χ4n) is 3.35. The lowest BCUT2D eigenvalue weighted by molar-refractivity contribution is -0.124. The lowest BCUT2D eigenvalue weighted by Gasteiger charge is -2.21. The average molecular weight is 416 g/mol. The van der Waals surface area contributed by atoms with Crippen LogP contribution in [0.4, 0.5) is 10.8 Å². The van der Waals surface area contributed by atoms with Crippen LogP contribution in [0.15, 0.2) is 42.5 Å². The van der Waals surface area contributed by atoms with E-state index in [1.807, 2.05) is 24.3 Å². The number of para-hydroxylation sites is 1. The molecule has 1 atom stereocenters. The summed E-state index contributed by atoms with van der Waals surface area (Å²) < 4.78 is 6.37. The molecule has 3 aromatic rings. The predicted octanol–water partition coefficient (Wildman–Crippen LogP) is 3.97. The van der Waals surface area contributed by atoms with Crippen molar-refractivity contribution in [3.63, 3.8) is 0 Å². The molecule has 0 aliphatic carbocycles. The van der Waals surface area contributed by atoms with Crippen molar-refractivity contribution in [1.29, 1.82) is 0 Å². The molecule has 1 fully saturated rings. The number of benzene rings is 2. The Bertz CT molecular complexity index is 1030. The molecule has 0 N–H and O–H groups in total. The van der Waals surface area contributed by atoms with Gasteiger partial charge in [-0.2, -0.15) is 0 Å². The molecule has 2 amide bonds. The van der Waals surface area contributed by atoms with Gasteiger partial charge in [-0.05, 0) is 30.3 Å². The van der Waals surface area contributed by atoms with Crippen LogP contribution in [0, 0.1) is 5.92 Å². The highest BCUT2D eigenvalue weighted by molar-refractivity contribution is 7.22. The van der Waals surface area contributed by atoms with Gasteiger partial charge in [-0.15, -0.1) is 0 Å². The maximum absolute atomic E-state index is 13.0. The second kappa shape index (κ2) is 7.41. The molecule has 0 radical (unpaired) electrons. The summed E-state index contributed by atoms with van der Waals surface area (Å²) in [5.41, 5.74) is 1.44.